The molecule has 0 saturated heterocycles. The Morgan fingerprint density at radius 1 is 1.45 bits per heavy atom. The molecule has 2 heterocycles. The number of nitrogens with one attached hydrogen (secondary N) is 1. The molecular weight excluding hydrogens is 270 g/mol. The minimum Gasteiger partial charge on any atom is -0.468 e. The Labute approximate surface area is 123 Å². The SMILES string of the molecule is Cc1nc(CN(C)Cc2cc(CNC3CC3)co2)cs1. The molecule has 5 heteroatoms. The molecule has 0 radical (unpaired) electrons. The molecule has 108 valence electrons. The summed E-state index contributed by atoms with van der Waals surface area (Å²) < 4.78 is 5.63. The van der Waals surface area contributed by atoms with E-state index in [1.165, 1.54) is 18.4 Å². The van der Waals surface area contributed by atoms with Gasteiger partial charge in [0.1, 0.15) is 5.76 Å². The van der Waals surface area contributed by atoms with Crippen molar-refractivity contribution >= 4 is 11.3 Å². The normalized spacial score (nSPS) is 15.2. The first kappa shape index (κ1) is 13.8. The zero-order valence-corrected chi connectivity index (χ0v) is 12.9. The Hall–Kier alpha value is -1.17. The van der Waals surface area contributed by atoms with Crippen molar-refractivity contribution in [2.75, 3.05) is 7.05 Å². The van der Waals surface area contributed by atoms with Crippen LogP contribution in [-0.2, 0) is 19.6 Å². The van der Waals surface area contributed by atoms with E-state index in [-0.39, 0.29) is 0 Å². The second kappa shape index (κ2) is 6.08. The van der Waals surface area contributed by atoms with Crippen LogP contribution < -0.4 is 5.32 Å². The van der Waals surface area contributed by atoms with Crippen molar-refractivity contribution in [1.82, 2.24) is 15.2 Å². The summed E-state index contributed by atoms with van der Waals surface area (Å²) in [6.45, 7) is 4.64. The maximum Gasteiger partial charge on any atom is 0.118 e. The zero-order valence-electron chi connectivity index (χ0n) is 12.1. The molecule has 1 fully saturated rings. The highest BCUT2D eigenvalue weighted by molar-refractivity contribution is 7.09. The minimum absolute atomic E-state index is 0.740. The van der Waals surface area contributed by atoms with Crippen LogP contribution in [-0.4, -0.2) is 23.0 Å². The van der Waals surface area contributed by atoms with Gasteiger partial charge in [-0.15, -0.1) is 11.3 Å². The van der Waals surface area contributed by atoms with Crippen LogP contribution in [0.3, 0.4) is 0 Å². The number of aromatic nitrogens is 1. The van der Waals surface area contributed by atoms with Crippen LogP contribution in [0.2, 0.25) is 0 Å². The van der Waals surface area contributed by atoms with E-state index in [1.807, 2.05) is 13.2 Å². The highest BCUT2D eigenvalue weighted by Gasteiger charge is 2.20. The molecule has 3 rings (SSSR count). The van der Waals surface area contributed by atoms with Crippen molar-refractivity contribution in [2.45, 2.75) is 45.4 Å². The molecular formula is C15H21N3OS. The average Bonchev–Trinajstić information content (AvgIpc) is 3.00. The van der Waals surface area contributed by atoms with E-state index in [4.69, 9.17) is 4.42 Å². The first-order chi connectivity index (χ1) is 9.69. The quantitative estimate of drug-likeness (QED) is 0.851. The van der Waals surface area contributed by atoms with Crippen molar-refractivity contribution in [1.29, 1.82) is 0 Å². The van der Waals surface area contributed by atoms with Gasteiger partial charge in [0.05, 0.1) is 23.5 Å². The van der Waals surface area contributed by atoms with Gasteiger partial charge in [0, 0.05) is 30.1 Å². The minimum atomic E-state index is 0.740. The molecule has 4 nitrogen and oxygen atoms in total. The molecule has 0 spiro atoms. The van der Waals surface area contributed by atoms with Crippen LogP contribution in [0.4, 0.5) is 0 Å². The van der Waals surface area contributed by atoms with Crippen molar-refractivity contribution in [3.8, 4) is 0 Å². The molecule has 2 aromatic heterocycles. The molecule has 0 bridgehead atoms. The monoisotopic (exact) mass is 291 g/mol. The Morgan fingerprint density at radius 3 is 3.00 bits per heavy atom. The number of furan rings is 1. The molecule has 1 saturated carbocycles. The first-order valence-corrected chi connectivity index (χ1v) is 7.96. The summed E-state index contributed by atoms with van der Waals surface area (Å²) in [5.41, 5.74) is 2.38. The second-order valence-electron chi connectivity index (χ2n) is 5.61. The summed E-state index contributed by atoms with van der Waals surface area (Å²) >= 11 is 1.70. The van der Waals surface area contributed by atoms with E-state index < -0.39 is 0 Å². The number of hydrogen-bond donors (Lipinski definition) is 1. The maximum absolute atomic E-state index is 5.63. The summed E-state index contributed by atoms with van der Waals surface area (Å²) in [5.74, 6) is 1.02. The number of rotatable bonds is 7. The Balaban J connectivity index is 1.48. The fraction of sp³-hybridized carbons (Fsp3) is 0.533. The van der Waals surface area contributed by atoms with Gasteiger partial charge in [-0.2, -0.15) is 0 Å². The van der Waals surface area contributed by atoms with E-state index in [2.05, 4.69) is 33.7 Å². The van der Waals surface area contributed by atoms with Gasteiger partial charge in [-0.3, -0.25) is 4.90 Å². The lowest BCUT2D eigenvalue weighted by Gasteiger charge is -2.13. The predicted octanol–water partition coefficient (Wildman–Crippen LogP) is 2.93. The van der Waals surface area contributed by atoms with Crippen LogP contribution in [0, 0.1) is 6.92 Å². The van der Waals surface area contributed by atoms with E-state index in [1.54, 1.807) is 11.3 Å². The highest BCUT2D eigenvalue weighted by atomic mass is 32.1. The maximum atomic E-state index is 5.63. The summed E-state index contributed by atoms with van der Waals surface area (Å²) in [6, 6.07) is 2.89. The number of hydrogen-bond acceptors (Lipinski definition) is 5. The standard InChI is InChI=1S/C15H21N3OS/c1-11-17-14(10-20-11)7-18(2)8-15-5-12(9-19-15)6-16-13-3-4-13/h5,9-10,13,16H,3-4,6-8H2,1-2H3. The van der Waals surface area contributed by atoms with Gasteiger partial charge >= 0.3 is 0 Å². The first-order valence-electron chi connectivity index (χ1n) is 7.08. The van der Waals surface area contributed by atoms with Gasteiger partial charge in [-0.25, -0.2) is 4.98 Å². The van der Waals surface area contributed by atoms with Crippen molar-refractivity contribution in [2.24, 2.45) is 0 Å². The lowest BCUT2D eigenvalue weighted by Crippen LogP contribution is -2.17. The Bertz CT molecular complexity index is 559. The molecule has 0 atom stereocenters. The van der Waals surface area contributed by atoms with Crippen molar-refractivity contribution in [3.05, 3.63) is 39.7 Å². The molecule has 1 aliphatic rings. The van der Waals surface area contributed by atoms with Crippen molar-refractivity contribution in [3.63, 3.8) is 0 Å². The Morgan fingerprint density at radius 2 is 2.30 bits per heavy atom. The number of aryl methyl sites for hydroxylation is 1. The molecule has 0 aliphatic heterocycles. The molecule has 20 heavy (non-hydrogen) atoms. The van der Waals surface area contributed by atoms with Crippen LogP contribution in [0.15, 0.2) is 22.1 Å². The largest absolute Gasteiger partial charge is 0.468 e. The topological polar surface area (TPSA) is 41.3 Å². The third-order valence-corrected chi connectivity index (χ3v) is 4.23. The molecule has 2 aromatic rings. The van der Waals surface area contributed by atoms with Gasteiger partial charge in [0.25, 0.3) is 0 Å². The fourth-order valence-electron chi connectivity index (χ4n) is 2.23. The van der Waals surface area contributed by atoms with Gasteiger partial charge in [-0.1, -0.05) is 0 Å². The summed E-state index contributed by atoms with van der Waals surface area (Å²) in [4.78, 5) is 6.72. The lowest BCUT2D eigenvalue weighted by atomic mass is 10.3. The van der Waals surface area contributed by atoms with E-state index in [9.17, 15) is 0 Å². The van der Waals surface area contributed by atoms with Crippen LogP contribution in [0.25, 0.3) is 0 Å². The Kier molecular flexibility index (Phi) is 4.19. The van der Waals surface area contributed by atoms with Crippen LogP contribution in [0.5, 0.6) is 0 Å². The molecule has 1 aliphatic carbocycles. The van der Waals surface area contributed by atoms with Crippen LogP contribution in [0.1, 0.15) is 34.9 Å². The number of nitrogens with zero attached hydrogens (tertiary/aromatic N) is 2. The van der Waals surface area contributed by atoms with Crippen molar-refractivity contribution < 1.29 is 4.42 Å². The third kappa shape index (κ3) is 3.91. The van der Waals surface area contributed by atoms with Gasteiger partial charge in [0.2, 0.25) is 0 Å². The molecule has 0 amide bonds. The van der Waals surface area contributed by atoms with Crippen LogP contribution >= 0.6 is 11.3 Å². The van der Waals surface area contributed by atoms with Gasteiger partial charge in [0.15, 0.2) is 0 Å². The van der Waals surface area contributed by atoms with E-state index >= 15 is 0 Å². The average molecular weight is 291 g/mol. The smallest absolute Gasteiger partial charge is 0.118 e. The second-order valence-corrected chi connectivity index (χ2v) is 6.67. The van der Waals surface area contributed by atoms with E-state index in [0.717, 1.165) is 42.1 Å². The third-order valence-electron chi connectivity index (χ3n) is 3.40. The molecule has 0 aromatic carbocycles. The van der Waals surface area contributed by atoms with Gasteiger partial charge in [-0.05, 0) is 32.9 Å². The summed E-state index contributed by atoms with van der Waals surface area (Å²) in [7, 11) is 2.10. The molecule has 0 unspecified atom stereocenters. The summed E-state index contributed by atoms with van der Waals surface area (Å²) in [5, 5.41) is 6.75. The fourth-order valence-corrected chi connectivity index (χ4v) is 2.83. The predicted molar refractivity (Wildman–Crippen MR) is 80.6 cm³/mol. The highest BCUT2D eigenvalue weighted by Crippen LogP contribution is 2.20. The van der Waals surface area contributed by atoms with Gasteiger partial charge < -0.3 is 9.73 Å². The summed E-state index contributed by atoms with van der Waals surface area (Å²) in [6.07, 6.45) is 4.51. The number of thiazole rings is 1. The zero-order chi connectivity index (χ0) is 13.9. The van der Waals surface area contributed by atoms with E-state index in [0.29, 0.717) is 0 Å². The lowest BCUT2D eigenvalue weighted by molar-refractivity contribution is 0.285. The molecule has 1 N–H and O–H groups in total.